The Morgan fingerprint density at radius 3 is 2.46 bits per heavy atom. The molecule has 1 heterocycles. The molecule has 3 rings (SSSR count). The highest BCUT2D eigenvalue weighted by atomic mass is 16.3. The highest BCUT2D eigenvalue weighted by molar-refractivity contribution is 5.51. The van der Waals surface area contributed by atoms with Crippen LogP contribution in [0.2, 0.25) is 0 Å². The number of hydrogen-bond acceptors (Lipinski definition) is 4. The minimum atomic E-state index is -0.282. The van der Waals surface area contributed by atoms with Crippen molar-refractivity contribution in [2.75, 3.05) is 0 Å². The minimum Gasteiger partial charge on any atom is -0.506 e. The Balaban J connectivity index is 2.02. The molecule has 24 heavy (non-hydrogen) atoms. The van der Waals surface area contributed by atoms with E-state index in [1.54, 1.807) is 25.1 Å². The van der Waals surface area contributed by atoms with Gasteiger partial charge >= 0.3 is 0 Å². The predicted molar refractivity (Wildman–Crippen MR) is 92.9 cm³/mol. The lowest BCUT2D eigenvalue weighted by Crippen LogP contribution is -2.14. The molecule has 0 saturated carbocycles. The smallest absolute Gasteiger partial charge is 0.299 e. The normalized spacial score (nSPS) is 11.3. The van der Waals surface area contributed by atoms with E-state index in [9.17, 15) is 9.90 Å². The lowest BCUT2D eigenvalue weighted by atomic mass is 10.1. The standard InChI is InChI=1S/C18H18N4O2/c1-11-8-9-14(10-12(11)2)22-18(24)17(13(3)21-22)20-19-15-6-4-5-7-16(15)23/h4-10,21,23H,1-3H3. The third-order valence-electron chi connectivity index (χ3n) is 3.93. The number of H-pyrrole nitrogens is 1. The SMILES string of the molecule is Cc1ccc(-n2[nH]c(C)c(N=Nc3ccccc3O)c2=O)cc1C. The maximum atomic E-state index is 12.6. The molecule has 1 aromatic heterocycles. The second kappa shape index (κ2) is 6.16. The fourth-order valence-corrected chi connectivity index (χ4v) is 2.35. The fraction of sp³-hybridized carbons (Fsp3) is 0.167. The average molecular weight is 322 g/mol. The van der Waals surface area contributed by atoms with Gasteiger partial charge in [0, 0.05) is 0 Å². The summed E-state index contributed by atoms with van der Waals surface area (Å²) in [5.41, 5.74) is 3.87. The molecule has 0 spiro atoms. The molecule has 0 fully saturated rings. The number of phenolic OH excluding ortho intramolecular Hbond substituents is 1. The van der Waals surface area contributed by atoms with E-state index in [4.69, 9.17) is 0 Å². The van der Waals surface area contributed by atoms with Gasteiger partial charge in [0.1, 0.15) is 11.4 Å². The van der Waals surface area contributed by atoms with Crippen LogP contribution < -0.4 is 5.56 Å². The van der Waals surface area contributed by atoms with Crippen LogP contribution in [0.4, 0.5) is 11.4 Å². The summed E-state index contributed by atoms with van der Waals surface area (Å²) >= 11 is 0. The summed E-state index contributed by atoms with van der Waals surface area (Å²) in [5.74, 6) is 0.0175. The number of nitrogens with zero attached hydrogens (tertiary/aromatic N) is 3. The first-order chi connectivity index (χ1) is 11.5. The van der Waals surface area contributed by atoms with Crippen molar-refractivity contribution in [1.82, 2.24) is 9.78 Å². The molecular weight excluding hydrogens is 304 g/mol. The number of aromatic amines is 1. The van der Waals surface area contributed by atoms with Crippen LogP contribution in [0.25, 0.3) is 5.69 Å². The van der Waals surface area contributed by atoms with E-state index < -0.39 is 0 Å². The van der Waals surface area contributed by atoms with E-state index in [0.717, 1.165) is 16.8 Å². The number of hydrogen-bond donors (Lipinski definition) is 2. The molecule has 3 aromatic rings. The Morgan fingerprint density at radius 2 is 1.75 bits per heavy atom. The number of benzene rings is 2. The van der Waals surface area contributed by atoms with Gasteiger partial charge in [-0.15, -0.1) is 10.2 Å². The summed E-state index contributed by atoms with van der Waals surface area (Å²) in [6.45, 7) is 5.78. The van der Waals surface area contributed by atoms with Crippen LogP contribution in [0.15, 0.2) is 57.5 Å². The molecule has 0 amide bonds. The van der Waals surface area contributed by atoms with Crippen LogP contribution >= 0.6 is 0 Å². The lowest BCUT2D eigenvalue weighted by molar-refractivity contribution is 0.476. The van der Waals surface area contributed by atoms with E-state index in [0.29, 0.717) is 11.4 Å². The Bertz CT molecular complexity index is 983. The number of azo groups is 1. The zero-order chi connectivity index (χ0) is 17.3. The van der Waals surface area contributed by atoms with Crippen molar-refractivity contribution in [2.24, 2.45) is 10.2 Å². The van der Waals surface area contributed by atoms with Crippen molar-refractivity contribution < 1.29 is 5.11 Å². The van der Waals surface area contributed by atoms with Gasteiger partial charge in [0.05, 0.1) is 11.4 Å². The molecule has 0 saturated heterocycles. The molecule has 0 bridgehead atoms. The summed E-state index contributed by atoms with van der Waals surface area (Å²) in [5, 5.41) is 20.7. The topological polar surface area (TPSA) is 82.7 Å². The Labute approximate surface area is 139 Å². The maximum absolute atomic E-state index is 12.6. The third-order valence-corrected chi connectivity index (χ3v) is 3.93. The van der Waals surface area contributed by atoms with Gasteiger partial charge in [-0.3, -0.25) is 9.89 Å². The fourth-order valence-electron chi connectivity index (χ4n) is 2.35. The summed E-state index contributed by atoms with van der Waals surface area (Å²) in [6, 6.07) is 12.4. The van der Waals surface area contributed by atoms with Crippen LogP contribution in [-0.2, 0) is 0 Å². The van der Waals surface area contributed by atoms with Crippen LogP contribution in [0.1, 0.15) is 16.8 Å². The molecule has 2 aromatic carbocycles. The van der Waals surface area contributed by atoms with E-state index in [2.05, 4.69) is 15.3 Å². The summed E-state index contributed by atoms with van der Waals surface area (Å²) < 4.78 is 1.45. The molecule has 0 aliphatic heterocycles. The van der Waals surface area contributed by atoms with E-state index in [-0.39, 0.29) is 17.0 Å². The first-order valence-electron chi connectivity index (χ1n) is 7.56. The van der Waals surface area contributed by atoms with Gasteiger partial charge in [0.25, 0.3) is 5.56 Å². The zero-order valence-corrected chi connectivity index (χ0v) is 13.7. The molecule has 0 aliphatic rings. The molecule has 122 valence electrons. The third kappa shape index (κ3) is 2.86. The molecule has 0 atom stereocenters. The second-order valence-corrected chi connectivity index (χ2v) is 5.68. The monoisotopic (exact) mass is 322 g/mol. The van der Waals surface area contributed by atoms with Crippen LogP contribution in [0.5, 0.6) is 5.75 Å². The molecule has 0 unspecified atom stereocenters. The van der Waals surface area contributed by atoms with Crippen LogP contribution in [0, 0.1) is 20.8 Å². The second-order valence-electron chi connectivity index (χ2n) is 5.68. The predicted octanol–water partition coefficient (Wildman–Crippen LogP) is 4.21. The number of phenols is 1. The first kappa shape index (κ1) is 15.7. The van der Waals surface area contributed by atoms with Crippen molar-refractivity contribution in [3.05, 3.63) is 69.6 Å². The summed E-state index contributed by atoms with van der Waals surface area (Å²) in [4.78, 5) is 12.6. The minimum absolute atomic E-state index is 0.0175. The van der Waals surface area contributed by atoms with Gasteiger partial charge in [0.2, 0.25) is 0 Å². The molecule has 6 heteroatoms. The number of aryl methyl sites for hydroxylation is 3. The largest absolute Gasteiger partial charge is 0.506 e. The highest BCUT2D eigenvalue weighted by Gasteiger charge is 2.12. The Hall–Kier alpha value is -3.15. The van der Waals surface area contributed by atoms with Crippen molar-refractivity contribution >= 4 is 11.4 Å². The quantitative estimate of drug-likeness (QED) is 0.708. The van der Waals surface area contributed by atoms with Crippen molar-refractivity contribution in [2.45, 2.75) is 20.8 Å². The van der Waals surface area contributed by atoms with Gasteiger partial charge in [-0.25, -0.2) is 4.68 Å². The highest BCUT2D eigenvalue weighted by Crippen LogP contribution is 2.27. The zero-order valence-electron chi connectivity index (χ0n) is 13.7. The van der Waals surface area contributed by atoms with Crippen molar-refractivity contribution in [3.63, 3.8) is 0 Å². The van der Waals surface area contributed by atoms with Gasteiger partial charge in [-0.05, 0) is 56.2 Å². The number of aromatic hydroxyl groups is 1. The lowest BCUT2D eigenvalue weighted by Gasteiger charge is -2.05. The van der Waals surface area contributed by atoms with Crippen molar-refractivity contribution in [1.29, 1.82) is 0 Å². The van der Waals surface area contributed by atoms with E-state index >= 15 is 0 Å². The summed E-state index contributed by atoms with van der Waals surface area (Å²) in [7, 11) is 0. The number of aromatic nitrogens is 2. The van der Waals surface area contributed by atoms with Gasteiger partial charge in [-0.2, -0.15) is 0 Å². The first-order valence-corrected chi connectivity index (χ1v) is 7.56. The molecule has 0 radical (unpaired) electrons. The molecule has 0 aliphatic carbocycles. The molecule has 6 nitrogen and oxygen atoms in total. The van der Waals surface area contributed by atoms with Crippen LogP contribution in [0.3, 0.4) is 0 Å². The van der Waals surface area contributed by atoms with Gasteiger partial charge < -0.3 is 5.11 Å². The number of para-hydroxylation sites is 1. The van der Waals surface area contributed by atoms with Gasteiger partial charge in [0.15, 0.2) is 5.69 Å². The number of rotatable bonds is 3. The Kier molecular flexibility index (Phi) is 4.04. The van der Waals surface area contributed by atoms with Gasteiger partial charge in [-0.1, -0.05) is 18.2 Å². The summed E-state index contributed by atoms with van der Waals surface area (Å²) in [6.07, 6.45) is 0. The Morgan fingerprint density at radius 1 is 1.00 bits per heavy atom. The van der Waals surface area contributed by atoms with E-state index in [1.165, 1.54) is 10.7 Å². The van der Waals surface area contributed by atoms with E-state index in [1.807, 2.05) is 32.0 Å². The van der Waals surface area contributed by atoms with Crippen molar-refractivity contribution in [3.8, 4) is 11.4 Å². The number of nitrogens with one attached hydrogen (secondary N) is 1. The van der Waals surface area contributed by atoms with Crippen LogP contribution in [-0.4, -0.2) is 14.9 Å². The molecular formula is C18H18N4O2. The average Bonchev–Trinajstić information content (AvgIpc) is 2.84. The maximum Gasteiger partial charge on any atom is 0.299 e. The molecule has 2 N–H and O–H groups in total.